The highest BCUT2D eigenvalue weighted by Gasteiger charge is 2.44. The van der Waals surface area contributed by atoms with Gasteiger partial charge in [0.25, 0.3) is 0 Å². The first-order chi connectivity index (χ1) is 10.4. The predicted octanol–water partition coefficient (Wildman–Crippen LogP) is 2.64. The van der Waals surface area contributed by atoms with Crippen molar-refractivity contribution in [3.8, 4) is 0 Å². The number of nitrogens with one attached hydrogen (secondary N) is 2. The van der Waals surface area contributed by atoms with Gasteiger partial charge < -0.3 is 15.7 Å². The van der Waals surface area contributed by atoms with E-state index in [0.29, 0.717) is 5.69 Å². The Morgan fingerprint density at radius 2 is 1.86 bits per heavy atom. The minimum atomic E-state index is -0.982. The molecular formula is C17H22N2O3. The number of aliphatic carboxylic acids is 1. The third-order valence-corrected chi connectivity index (χ3v) is 3.79. The number of carboxylic acid groups (broad SMARTS) is 1. The molecule has 0 saturated heterocycles. The van der Waals surface area contributed by atoms with E-state index in [4.69, 9.17) is 5.11 Å². The zero-order valence-electron chi connectivity index (χ0n) is 12.9. The maximum atomic E-state index is 12.5. The molecule has 1 aliphatic rings. The molecule has 0 unspecified atom stereocenters. The van der Waals surface area contributed by atoms with Crippen molar-refractivity contribution in [1.29, 1.82) is 0 Å². The van der Waals surface area contributed by atoms with Crippen LogP contribution in [0.3, 0.4) is 0 Å². The van der Waals surface area contributed by atoms with Crippen molar-refractivity contribution >= 4 is 23.6 Å². The van der Waals surface area contributed by atoms with Gasteiger partial charge in [-0.1, -0.05) is 12.1 Å². The predicted molar refractivity (Wildman–Crippen MR) is 86.6 cm³/mol. The van der Waals surface area contributed by atoms with Gasteiger partial charge in [0, 0.05) is 17.8 Å². The number of carboxylic acids is 1. The summed E-state index contributed by atoms with van der Waals surface area (Å²) in [6.45, 7) is 4.08. The Morgan fingerprint density at radius 3 is 2.32 bits per heavy atom. The van der Waals surface area contributed by atoms with E-state index >= 15 is 0 Å². The van der Waals surface area contributed by atoms with Gasteiger partial charge in [0.05, 0.1) is 5.54 Å². The number of hydrogen-bond acceptors (Lipinski definition) is 3. The summed E-state index contributed by atoms with van der Waals surface area (Å²) in [6, 6.07) is 7.37. The smallest absolute Gasteiger partial charge is 0.328 e. The molecule has 1 saturated carbocycles. The highest BCUT2D eigenvalue weighted by Crippen LogP contribution is 2.33. The molecule has 0 atom stereocenters. The quantitative estimate of drug-likeness (QED) is 0.706. The Balaban J connectivity index is 2.01. The maximum Gasteiger partial charge on any atom is 0.328 e. The second kappa shape index (κ2) is 6.75. The molecule has 0 spiro atoms. The molecule has 0 bridgehead atoms. The minimum absolute atomic E-state index is 0.00118. The fourth-order valence-corrected chi connectivity index (χ4v) is 2.62. The Kier molecular flexibility index (Phi) is 4.98. The molecule has 5 nitrogen and oxygen atoms in total. The number of rotatable bonds is 6. The van der Waals surface area contributed by atoms with Gasteiger partial charge in [-0.15, -0.1) is 0 Å². The molecule has 1 amide bonds. The summed E-state index contributed by atoms with van der Waals surface area (Å²) in [7, 11) is 0. The van der Waals surface area contributed by atoms with Crippen LogP contribution in [0.15, 0.2) is 30.3 Å². The largest absolute Gasteiger partial charge is 0.478 e. The van der Waals surface area contributed by atoms with E-state index in [1.54, 1.807) is 24.3 Å². The van der Waals surface area contributed by atoms with Crippen LogP contribution in [0.25, 0.3) is 6.08 Å². The number of carbonyl (C=O) groups is 2. The Hall–Kier alpha value is -2.14. The molecular weight excluding hydrogens is 280 g/mol. The van der Waals surface area contributed by atoms with Gasteiger partial charge in [-0.05, 0) is 56.9 Å². The van der Waals surface area contributed by atoms with Crippen LogP contribution in [0, 0.1) is 0 Å². The molecule has 0 heterocycles. The normalized spacial score (nSPS) is 16.5. The first kappa shape index (κ1) is 16.2. The Labute approximate surface area is 130 Å². The molecule has 0 aromatic heterocycles. The van der Waals surface area contributed by atoms with Gasteiger partial charge in [-0.3, -0.25) is 4.79 Å². The summed E-state index contributed by atoms with van der Waals surface area (Å²) in [4.78, 5) is 23.0. The average molecular weight is 302 g/mol. The van der Waals surface area contributed by atoms with Crippen molar-refractivity contribution in [3.05, 3.63) is 35.9 Å². The SMILES string of the molecule is CC(C)NC1(C(=O)Nc2ccc(/C=C/C(=O)O)cc2)CCC1. The topological polar surface area (TPSA) is 78.4 Å². The van der Waals surface area contributed by atoms with Crippen molar-refractivity contribution in [2.75, 3.05) is 5.32 Å². The van der Waals surface area contributed by atoms with E-state index in [1.807, 2.05) is 13.8 Å². The third kappa shape index (κ3) is 3.95. The number of carbonyl (C=O) groups excluding carboxylic acids is 1. The highest BCUT2D eigenvalue weighted by molar-refractivity contribution is 5.99. The van der Waals surface area contributed by atoms with E-state index in [2.05, 4.69) is 10.6 Å². The summed E-state index contributed by atoms with van der Waals surface area (Å²) in [5.41, 5.74) is 1.05. The van der Waals surface area contributed by atoms with E-state index in [1.165, 1.54) is 6.08 Å². The lowest BCUT2D eigenvalue weighted by atomic mass is 9.75. The molecule has 2 rings (SSSR count). The minimum Gasteiger partial charge on any atom is -0.478 e. The van der Waals surface area contributed by atoms with Crippen molar-refractivity contribution in [2.24, 2.45) is 0 Å². The number of anilines is 1. The van der Waals surface area contributed by atoms with Gasteiger partial charge in [0.15, 0.2) is 0 Å². The lowest BCUT2D eigenvalue weighted by Gasteiger charge is -2.42. The summed E-state index contributed by atoms with van der Waals surface area (Å²) in [6.07, 6.45) is 5.38. The summed E-state index contributed by atoms with van der Waals surface area (Å²) >= 11 is 0. The van der Waals surface area contributed by atoms with Crippen LogP contribution in [0.2, 0.25) is 0 Å². The summed E-state index contributed by atoms with van der Waals surface area (Å²) in [5.74, 6) is -0.981. The fraction of sp³-hybridized carbons (Fsp3) is 0.412. The lowest BCUT2D eigenvalue weighted by Crippen LogP contribution is -2.61. The molecule has 118 valence electrons. The van der Waals surface area contributed by atoms with Crippen molar-refractivity contribution in [1.82, 2.24) is 5.32 Å². The molecule has 22 heavy (non-hydrogen) atoms. The maximum absolute atomic E-state index is 12.5. The lowest BCUT2D eigenvalue weighted by molar-refractivity contribution is -0.131. The first-order valence-corrected chi connectivity index (χ1v) is 7.51. The number of benzene rings is 1. The van der Waals surface area contributed by atoms with Gasteiger partial charge in [-0.2, -0.15) is 0 Å². The van der Waals surface area contributed by atoms with Crippen molar-refractivity contribution in [2.45, 2.75) is 44.7 Å². The molecule has 1 aromatic carbocycles. The van der Waals surface area contributed by atoms with E-state index in [-0.39, 0.29) is 11.9 Å². The van der Waals surface area contributed by atoms with Crippen LogP contribution in [-0.2, 0) is 9.59 Å². The van der Waals surface area contributed by atoms with E-state index in [9.17, 15) is 9.59 Å². The standard InChI is InChI=1S/C17H22N2O3/c1-12(2)19-17(10-3-11-17)16(22)18-14-7-4-13(5-8-14)6-9-15(20)21/h4-9,12,19H,3,10-11H2,1-2H3,(H,18,22)(H,20,21)/b9-6+. The Bertz CT molecular complexity index is 572. The molecule has 1 aromatic rings. The van der Waals surface area contributed by atoms with Crippen LogP contribution in [0.4, 0.5) is 5.69 Å². The van der Waals surface area contributed by atoms with Crippen LogP contribution < -0.4 is 10.6 Å². The summed E-state index contributed by atoms with van der Waals surface area (Å²) < 4.78 is 0. The molecule has 1 fully saturated rings. The molecule has 5 heteroatoms. The molecule has 0 radical (unpaired) electrons. The average Bonchev–Trinajstić information content (AvgIpc) is 2.41. The van der Waals surface area contributed by atoms with Crippen LogP contribution in [0.1, 0.15) is 38.7 Å². The number of amides is 1. The van der Waals surface area contributed by atoms with Gasteiger partial charge in [-0.25, -0.2) is 4.79 Å². The molecule has 3 N–H and O–H groups in total. The number of hydrogen-bond donors (Lipinski definition) is 3. The van der Waals surface area contributed by atoms with Crippen molar-refractivity contribution < 1.29 is 14.7 Å². The van der Waals surface area contributed by atoms with Crippen molar-refractivity contribution in [3.63, 3.8) is 0 Å². The van der Waals surface area contributed by atoms with Crippen LogP contribution >= 0.6 is 0 Å². The van der Waals surface area contributed by atoms with E-state index in [0.717, 1.165) is 30.9 Å². The third-order valence-electron chi connectivity index (χ3n) is 3.79. The second-order valence-corrected chi connectivity index (χ2v) is 5.98. The van der Waals surface area contributed by atoms with Gasteiger partial charge >= 0.3 is 5.97 Å². The van der Waals surface area contributed by atoms with Crippen LogP contribution in [0.5, 0.6) is 0 Å². The van der Waals surface area contributed by atoms with Gasteiger partial charge in [0.1, 0.15) is 0 Å². The van der Waals surface area contributed by atoms with E-state index < -0.39 is 11.5 Å². The zero-order valence-corrected chi connectivity index (χ0v) is 12.9. The molecule has 0 aliphatic heterocycles. The fourth-order valence-electron chi connectivity index (χ4n) is 2.62. The van der Waals surface area contributed by atoms with Gasteiger partial charge in [0.2, 0.25) is 5.91 Å². The first-order valence-electron chi connectivity index (χ1n) is 7.51. The summed E-state index contributed by atoms with van der Waals surface area (Å²) in [5, 5.41) is 14.9. The second-order valence-electron chi connectivity index (χ2n) is 5.98. The molecule has 1 aliphatic carbocycles. The van der Waals surface area contributed by atoms with Crippen LogP contribution in [-0.4, -0.2) is 28.6 Å². The Morgan fingerprint density at radius 1 is 1.23 bits per heavy atom. The monoisotopic (exact) mass is 302 g/mol. The zero-order chi connectivity index (χ0) is 16.2. The highest BCUT2D eigenvalue weighted by atomic mass is 16.4.